The maximum Gasteiger partial charge on any atom is 0.232 e. The van der Waals surface area contributed by atoms with Crippen LogP contribution in [0.1, 0.15) is 42.6 Å². The van der Waals surface area contributed by atoms with Crippen molar-refractivity contribution in [3.05, 3.63) is 27.2 Å². The smallest absolute Gasteiger partial charge is 0.232 e. The fourth-order valence-corrected chi connectivity index (χ4v) is 3.46. The van der Waals surface area contributed by atoms with Crippen molar-refractivity contribution in [1.29, 1.82) is 0 Å². The standard InChI is InChI=1S/C14H20N4OS2/c1-9(2)11-8-21-14(17-11)18-12(19)6-10-7-20-13(16-10)4-3-5-15/h7-9H,3-6,15H2,1-2H3,(H,17,18,19). The van der Waals surface area contributed by atoms with Crippen molar-refractivity contribution in [3.63, 3.8) is 0 Å². The second-order valence-electron chi connectivity index (χ2n) is 5.08. The molecule has 21 heavy (non-hydrogen) atoms. The highest BCUT2D eigenvalue weighted by molar-refractivity contribution is 7.14. The molecule has 7 heteroatoms. The molecule has 0 saturated heterocycles. The third-order valence-corrected chi connectivity index (χ3v) is 4.63. The van der Waals surface area contributed by atoms with E-state index in [2.05, 4.69) is 29.1 Å². The van der Waals surface area contributed by atoms with E-state index in [1.807, 2.05) is 10.8 Å². The van der Waals surface area contributed by atoms with Crippen molar-refractivity contribution < 1.29 is 4.79 Å². The SMILES string of the molecule is CC(C)c1csc(NC(=O)Cc2csc(CCCN)n2)n1. The number of nitrogens with zero attached hydrogens (tertiary/aromatic N) is 2. The largest absolute Gasteiger partial charge is 0.330 e. The van der Waals surface area contributed by atoms with Crippen LogP contribution < -0.4 is 11.1 Å². The van der Waals surface area contributed by atoms with Gasteiger partial charge in [-0.25, -0.2) is 9.97 Å². The molecule has 1 amide bonds. The number of thiazole rings is 2. The maximum absolute atomic E-state index is 12.0. The average molecular weight is 324 g/mol. The Morgan fingerprint density at radius 2 is 2.14 bits per heavy atom. The summed E-state index contributed by atoms with van der Waals surface area (Å²) in [6.07, 6.45) is 2.10. The first kappa shape index (κ1) is 16.1. The Morgan fingerprint density at radius 3 is 2.81 bits per heavy atom. The van der Waals surface area contributed by atoms with E-state index < -0.39 is 0 Å². The van der Waals surface area contributed by atoms with E-state index in [-0.39, 0.29) is 12.3 Å². The summed E-state index contributed by atoms with van der Waals surface area (Å²) >= 11 is 3.04. The summed E-state index contributed by atoms with van der Waals surface area (Å²) in [7, 11) is 0. The zero-order valence-corrected chi connectivity index (χ0v) is 13.9. The molecule has 0 aliphatic heterocycles. The Bertz CT molecular complexity index is 591. The highest BCUT2D eigenvalue weighted by Gasteiger charge is 2.11. The van der Waals surface area contributed by atoms with E-state index in [1.165, 1.54) is 11.3 Å². The summed E-state index contributed by atoms with van der Waals surface area (Å²) in [4.78, 5) is 20.8. The quantitative estimate of drug-likeness (QED) is 0.820. The van der Waals surface area contributed by atoms with E-state index in [0.717, 1.165) is 29.2 Å². The van der Waals surface area contributed by atoms with Gasteiger partial charge in [-0.3, -0.25) is 4.79 Å². The van der Waals surface area contributed by atoms with Crippen LogP contribution in [-0.2, 0) is 17.6 Å². The van der Waals surface area contributed by atoms with Crippen LogP contribution in [0.4, 0.5) is 5.13 Å². The highest BCUT2D eigenvalue weighted by atomic mass is 32.1. The minimum absolute atomic E-state index is 0.0738. The number of rotatable bonds is 7. The minimum Gasteiger partial charge on any atom is -0.330 e. The summed E-state index contributed by atoms with van der Waals surface area (Å²) in [5.41, 5.74) is 7.30. The number of anilines is 1. The first-order chi connectivity index (χ1) is 10.1. The molecule has 0 aliphatic carbocycles. The first-order valence-electron chi connectivity index (χ1n) is 6.97. The third-order valence-electron chi connectivity index (χ3n) is 2.90. The molecular formula is C14H20N4OS2. The molecule has 0 radical (unpaired) electrons. The molecule has 0 aliphatic rings. The van der Waals surface area contributed by atoms with Crippen molar-refractivity contribution in [2.24, 2.45) is 5.73 Å². The molecule has 2 rings (SSSR count). The average Bonchev–Trinajstić information content (AvgIpc) is 3.06. The predicted molar refractivity (Wildman–Crippen MR) is 88.0 cm³/mol. The molecule has 0 spiro atoms. The Morgan fingerprint density at radius 1 is 1.33 bits per heavy atom. The normalized spacial score (nSPS) is 11.0. The number of hydrogen-bond acceptors (Lipinski definition) is 6. The van der Waals surface area contributed by atoms with Gasteiger partial charge in [-0.1, -0.05) is 13.8 Å². The number of aryl methyl sites for hydroxylation is 1. The van der Waals surface area contributed by atoms with Gasteiger partial charge in [-0.15, -0.1) is 22.7 Å². The lowest BCUT2D eigenvalue weighted by Gasteiger charge is -2.00. The zero-order chi connectivity index (χ0) is 15.2. The van der Waals surface area contributed by atoms with Crippen LogP contribution in [0.15, 0.2) is 10.8 Å². The van der Waals surface area contributed by atoms with E-state index >= 15 is 0 Å². The maximum atomic E-state index is 12.0. The number of amides is 1. The van der Waals surface area contributed by atoms with Gasteiger partial charge in [-0.2, -0.15) is 0 Å². The molecule has 0 fully saturated rings. The molecule has 2 aromatic rings. The van der Waals surface area contributed by atoms with Crippen LogP contribution in [0.3, 0.4) is 0 Å². The Balaban J connectivity index is 1.87. The summed E-state index contributed by atoms with van der Waals surface area (Å²) in [6.45, 7) is 4.83. The van der Waals surface area contributed by atoms with Gasteiger partial charge < -0.3 is 11.1 Å². The van der Waals surface area contributed by atoms with Crippen molar-refractivity contribution in [2.75, 3.05) is 11.9 Å². The monoisotopic (exact) mass is 324 g/mol. The summed E-state index contributed by atoms with van der Waals surface area (Å²) in [6, 6.07) is 0. The van der Waals surface area contributed by atoms with Crippen molar-refractivity contribution >= 4 is 33.7 Å². The molecule has 0 aromatic carbocycles. The van der Waals surface area contributed by atoms with Gasteiger partial charge in [0.15, 0.2) is 5.13 Å². The first-order valence-corrected chi connectivity index (χ1v) is 8.73. The van der Waals surface area contributed by atoms with E-state index in [4.69, 9.17) is 5.73 Å². The molecule has 114 valence electrons. The lowest BCUT2D eigenvalue weighted by atomic mass is 10.2. The topological polar surface area (TPSA) is 80.9 Å². The molecule has 0 atom stereocenters. The third kappa shape index (κ3) is 4.87. The van der Waals surface area contributed by atoms with Crippen molar-refractivity contribution in [1.82, 2.24) is 9.97 Å². The van der Waals surface area contributed by atoms with Crippen LogP contribution >= 0.6 is 22.7 Å². The van der Waals surface area contributed by atoms with E-state index in [9.17, 15) is 4.79 Å². The van der Waals surface area contributed by atoms with Crippen molar-refractivity contribution in [2.45, 2.75) is 39.0 Å². The van der Waals surface area contributed by atoms with Gasteiger partial charge in [-0.05, 0) is 18.9 Å². The van der Waals surface area contributed by atoms with Crippen LogP contribution in [0.2, 0.25) is 0 Å². The molecule has 2 heterocycles. The summed E-state index contributed by atoms with van der Waals surface area (Å²) < 4.78 is 0. The van der Waals surface area contributed by atoms with Gasteiger partial charge in [0, 0.05) is 17.2 Å². The van der Waals surface area contributed by atoms with Gasteiger partial charge in [0.05, 0.1) is 22.8 Å². The predicted octanol–water partition coefficient (Wildman–Crippen LogP) is 2.80. The fraction of sp³-hybridized carbons (Fsp3) is 0.500. The van der Waals surface area contributed by atoms with Gasteiger partial charge in [0.2, 0.25) is 5.91 Å². The van der Waals surface area contributed by atoms with Crippen LogP contribution in [0, 0.1) is 0 Å². The summed E-state index contributed by atoms with van der Waals surface area (Å²) in [5, 5.41) is 8.44. The van der Waals surface area contributed by atoms with Gasteiger partial charge in [0.1, 0.15) is 0 Å². The molecule has 5 nitrogen and oxygen atoms in total. The molecule has 0 saturated carbocycles. The highest BCUT2D eigenvalue weighted by Crippen LogP contribution is 2.21. The van der Waals surface area contributed by atoms with Crippen LogP contribution in [0.25, 0.3) is 0 Å². The Hall–Kier alpha value is -1.31. The summed E-state index contributed by atoms with van der Waals surface area (Å²) in [5.74, 6) is 0.297. The number of nitrogens with two attached hydrogens (primary N) is 1. The number of carbonyl (C=O) groups is 1. The zero-order valence-electron chi connectivity index (χ0n) is 12.3. The number of hydrogen-bond donors (Lipinski definition) is 2. The fourth-order valence-electron chi connectivity index (χ4n) is 1.73. The minimum atomic E-state index is -0.0738. The van der Waals surface area contributed by atoms with E-state index in [1.54, 1.807) is 11.3 Å². The number of carbonyl (C=O) groups excluding carboxylic acids is 1. The number of nitrogens with one attached hydrogen (secondary N) is 1. The molecule has 2 aromatic heterocycles. The van der Waals surface area contributed by atoms with Crippen molar-refractivity contribution in [3.8, 4) is 0 Å². The molecule has 0 unspecified atom stereocenters. The van der Waals surface area contributed by atoms with Gasteiger partial charge in [0.25, 0.3) is 0 Å². The Labute approximate surface area is 132 Å². The van der Waals surface area contributed by atoms with E-state index in [0.29, 0.717) is 17.6 Å². The molecule has 0 bridgehead atoms. The lowest BCUT2D eigenvalue weighted by Crippen LogP contribution is -2.14. The second kappa shape index (κ2) is 7.63. The van der Waals surface area contributed by atoms with Crippen LogP contribution in [-0.4, -0.2) is 22.4 Å². The Kier molecular flexibility index (Phi) is 5.84. The van der Waals surface area contributed by atoms with Crippen LogP contribution in [0.5, 0.6) is 0 Å². The molecular weight excluding hydrogens is 304 g/mol. The lowest BCUT2D eigenvalue weighted by molar-refractivity contribution is -0.115. The number of aromatic nitrogens is 2. The second-order valence-corrected chi connectivity index (χ2v) is 6.88. The molecule has 3 N–H and O–H groups in total. The van der Waals surface area contributed by atoms with Gasteiger partial charge >= 0.3 is 0 Å².